The molecule has 1 spiro atoms. The lowest BCUT2D eigenvalue weighted by atomic mass is 9.78. The molecule has 35 heavy (non-hydrogen) atoms. The number of benzene rings is 3. The molecule has 0 aromatic heterocycles. The number of nitrogens with zero attached hydrogens (tertiary/aromatic N) is 5. The summed E-state index contributed by atoms with van der Waals surface area (Å²) < 4.78 is 0. The van der Waals surface area contributed by atoms with Gasteiger partial charge < -0.3 is 10.2 Å². The highest BCUT2D eigenvalue weighted by Crippen LogP contribution is 2.46. The Hall–Kier alpha value is -3.89. The van der Waals surface area contributed by atoms with E-state index in [9.17, 15) is 10.1 Å². The predicted molar refractivity (Wildman–Crippen MR) is 141 cm³/mol. The number of urea groups is 1. The number of aliphatic imine (C=N–C) groups is 1. The molecule has 0 bridgehead atoms. The number of nitrogens with one attached hydrogen (secondary N) is 1. The minimum absolute atomic E-state index is 0.00666. The number of carbonyl (C=O) groups is 1. The van der Waals surface area contributed by atoms with Crippen LogP contribution in [0, 0.1) is 11.3 Å². The lowest BCUT2D eigenvalue weighted by molar-refractivity contribution is 0.181. The van der Waals surface area contributed by atoms with Gasteiger partial charge in [-0.2, -0.15) is 5.26 Å². The number of carbonyl (C=O) groups excluding carboxylic acids is 1. The van der Waals surface area contributed by atoms with E-state index >= 15 is 0 Å². The second-order valence-electron chi connectivity index (χ2n) is 10.0. The van der Waals surface area contributed by atoms with Crippen molar-refractivity contribution in [2.24, 2.45) is 4.99 Å². The van der Waals surface area contributed by atoms with Crippen LogP contribution in [0.2, 0.25) is 0 Å². The van der Waals surface area contributed by atoms with Gasteiger partial charge in [-0.3, -0.25) is 9.80 Å². The van der Waals surface area contributed by atoms with Gasteiger partial charge in [0.05, 0.1) is 23.5 Å². The van der Waals surface area contributed by atoms with Gasteiger partial charge >= 0.3 is 6.03 Å². The van der Waals surface area contributed by atoms with Crippen molar-refractivity contribution in [1.29, 1.82) is 5.26 Å². The molecule has 0 atom stereocenters. The molecule has 2 heterocycles. The first kappa shape index (κ1) is 21.6. The molecule has 2 amide bonds. The van der Waals surface area contributed by atoms with Crippen LogP contribution in [0.5, 0.6) is 0 Å². The normalized spacial score (nSPS) is 23.5. The fourth-order valence-electron chi connectivity index (χ4n) is 6.03. The Balaban J connectivity index is 1.43. The fourth-order valence-corrected chi connectivity index (χ4v) is 6.03. The second-order valence-corrected chi connectivity index (χ2v) is 10.0. The van der Waals surface area contributed by atoms with Crippen molar-refractivity contribution in [2.45, 2.75) is 37.3 Å². The lowest BCUT2D eigenvalue weighted by Crippen LogP contribution is -2.52. The van der Waals surface area contributed by atoms with E-state index in [1.165, 1.54) is 0 Å². The molecule has 6 rings (SSSR count). The third kappa shape index (κ3) is 3.44. The van der Waals surface area contributed by atoms with Gasteiger partial charge in [0.1, 0.15) is 6.07 Å². The van der Waals surface area contributed by atoms with E-state index < -0.39 is 0 Å². The molecule has 3 aromatic rings. The van der Waals surface area contributed by atoms with Crippen LogP contribution in [0.1, 0.15) is 25.7 Å². The first-order valence-electron chi connectivity index (χ1n) is 12.1. The summed E-state index contributed by atoms with van der Waals surface area (Å²) in [6, 6.07) is 22.7. The zero-order valence-electron chi connectivity index (χ0n) is 20.0. The van der Waals surface area contributed by atoms with Gasteiger partial charge in [0.15, 0.2) is 0 Å². The van der Waals surface area contributed by atoms with Gasteiger partial charge in [0.25, 0.3) is 0 Å². The highest BCUT2D eigenvalue weighted by Gasteiger charge is 2.52. The van der Waals surface area contributed by atoms with Crippen molar-refractivity contribution in [2.75, 3.05) is 35.8 Å². The minimum atomic E-state index is -0.244. The monoisotopic (exact) mass is 464 g/mol. The van der Waals surface area contributed by atoms with E-state index in [0.717, 1.165) is 59.2 Å². The number of rotatable bonds is 3. The van der Waals surface area contributed by atoms with E-state index in [-0.39, 0.29) is 17.4 Å². The molecule has 1 saturated carbocycles. The minimum Gasteiger partial charge on any atom is -0.331 e. The van der Waals surface area contributed by atoms with Gasteiger partial charge in [-0.15, -0.1) is 0 Å². The SMILES string of the molecule is CN(C)C1CCC2(CC1)CN(c1cc3c4c(cccc4c1)N=C(C#N)N3)C(=O)N2c1ccccc1. The third-order valence-corrected chi connectivity index (χ3v) is 7.82. The van der Waals surface area contributed by atoms with E-state index in [2.05, 4.69) is 41.4 Å². The number of amides is 2. The molecule has 7 heteroatoms. The second kappa shape index (κ2) is 8.10. The smallest absolute Gasteiger partial charge is 0.329 e. The number of amidine groups is 1. The van der Waals surface area contributed by atoms with Gasteiger partial charge in [-0.25, -0.2) is 9.79 Å². The number of nitriles is 1. The standard InChI is InChI=1S/C28H28N6O/c1-32(2)20-11-13-28(14-12-20)18-33(27(35)34(28)21-8-4-3-5-9-21)22-15-19-7-6-10-23-26(19)24(16-22)31-25(17-29)30-23/h3-10,15-16,20H,11-14,18H2,1-2H3,(H,30,31). The third-order valence-electron chi connectivity index (χ3n) is 7.82. The Morgan fingerprint density at radius 2 is 1.83 bits per heavy atom. The summed E-state index contributed by atoms with van der Waals surface area (Å²) in [4.78, 5) is 24.8. The molecule has 3 aromatic carbocycles. The summed E-state index contributed by atoms with van der Waals surface area (Å²) in [7, 11) is 4.29. The van der Waals surface area contributed by atoms with Crippen molar-refractivity contribution in [3.63, 3.8) is 0 Å². The molecule has 1 saturated heterocycles. The van der Waals surface area contributed by atoms with Crippen LogP contribution in [-0.2, 0) is 0 Å². The van der Waals surface area contributed by atoms with Crippen molar-refractivity contribution in [3.8, 4) is 6.07 Å². The van der Waals surface area contributed by atoms with Crippen molar-refractivity contribution < 1.29 is 4.79 Å². The molecule has 1 N–H and O–H groups in total. The Labute approximate surface area is 205 Å². The molecule has 0 radical (unpaired) electrons. The molecule has 0 unspecified atom stereocenters. The molecule has 176 valence electrons. The van der Waals surface area contributed by atoms with Crippen LogP contribution in [0.15, 0.2) is 65.7 Å². The summed E-state index contributed by atoms with van der Waals surface area (Å²) >= 11 is 0. The maximum Gasteiger partial charge on any atom is 0.329 e. The van der Waals surface area contributed by atoms with Crippen LogP contribution >= 0.6 is 0 Å². The maximum atomic E-state index is 14.1. The maximum absolute atomic E-state index is 14.1. The molecular weight excluding hydrogens is 436 g/mol. The quantitative estimate of drug-likeness (QED) is 0.555. The summed E-state index contributed by atoms with van der Waals surface area (Å²) in [6.07, 6.45) is 4.04. The molecule has 2 aliphatic heterocycles. The summed E-state index contributed by atoms with van der Waals surface area (Å²) in [5.41, 5.74) is 3.14. The lowest BCUT2D eigenvalue weighted by Gasteiger charge is -2.43. The first-order valence-corrected chi connectivity index (χ1v) is 12.1. The average Bonchev–Trinajstić information content (AvgIpc) is 3.16. The topological polar surface area (TPSA) is 75.0 Å². The van der Waals surface area contributed by atoms with Gasteiger partial charge in [-0.1, -0.05) is 30.3 Å². The number of hydrogen-bond acceptors (Lipinski definition) is 5. The highest BCUT2D eigenvalue weighted by molar-refractivity contribution is 6.20. The van der Waals surface area contributed by atoms with Crippen LogP contribution < -0.4 is 15.1 Å². The fraction of sp³-hybridized carbons (Fsp3) is 0.321. The van der Waals surface area contributed by atoms with E-state index in [1.807, 2.05) is 64.4 Å². The Bertz CT molecular complexity index is 1380. The Morgan fingerprint density at radius 3 is 2.54 bits per heavy atom. The molecule has 7 nitrogen and oxygen atoms in total. The molecule has 2 fully saturated rings. The molecular formula is C28H28N6O. The summed E-state index contributed by atoms with van der Waals surface area (Å²) in [5, 5.41) is 14.6. The highest BCUT2D eigenvalue weighted by atomic mass is 16.2. The average molecular weight is 465 g/mol. The predicted octanol–water partition coefficient (Wildman–Crippen LogP) is 5.51. The van der Waals surface area contributed by atoms with E-state index in [1.54, 1.807) is 0 Å². The Kier molecular flexibility index (Phi) is 5.01. The van der Waals surface area contributed by atoms with Crippen molar-refractivity contribution in [3.05, 3.63) is 60.7 Å². The van der Waals surface area contributed by atoms with Crippen LogP contribution in [0.3, 0.4) is 0 Å². The van der Waals surface area contributed by atoms with Gasteiger partial charge in [-0.05, 0) is 75.5 Å². The zero-order chi connectivity index (χ0) is 24.2. The van der Waals surface area contributed by atoms with Gasteiger partial charge in [0, 0.05) is 22.8 Å². The zero-order valence-corrected chi connectivity index (χ0v) is 20.0. The van der Waals surface area contributed by atoms with Crippen LogP contribution in [-0.4, -0.2) is 49.0 Å². The number of para-hydroxylation sites is 1. The molecule has 1 aliphatic carbocycles. The van der Waals surface area contributed by atoms with Gasteiger partial charge in [0.2, 0.25) is 5.84 Å². The van der Waals surface area contributed by atoms with Crippen molar-refractivity contribution >= 4 is 45.4 Å². The van der Waals surface area contributed by atoms with Crippen LogP contribution in [0.4, 0.5) is 27.5 Å². The van der Waals surface area contributed by atoms with Crippen molar-refractivity contribution in [1.82, 2.24) is 4.90 Å². The number of anilines is 3. The first-order chi connectivity index (χ1) is 17.0. The largest absolute Gasteiger partial charge is 0.331 e. The number of hydrogen-bond donors (Lipinski definition) is 1. The summed E-state index contributed by atoms with van der Waals surface area (Å²) in [6.45, 7) is 0.644. The van der Waals surface area contributed by atoms with E-state index in [0.29, 0.717) is 12.6 Å². The van der Waals surface area contributed by atoms with Crippen LogP contribution in [0.25, 0.3) is 10.8 Å². The Morgan fingerprint density at radius 1 is 1.06 bits per heavy atom. The molecule has 3 aliphatic rings. The van der Waals surface area contributed by atoms with E-state index in [4.69, 9.17) is 0 Å². The summed E-state index contributed by atoms with van der Waals surface area (Å²) in [5.74, 6) is 0.263.